The molecule has 1 heterocycles. The lowest BCUT2D eigenvalue weighted by Crippen LogP contribution is -2.06. The molecule has 0 unspecified atom stereocenters. The van der Waals surface area contributed by atoms with Gasteiger partial charge in [0.2, 0.25) is 0 Å². The SMILES string of the molecule is Cc1ccc(N)c(OCc2ccn(C3CCCC3)n2)c1. The molecule has 1 saturated carbocycles. The van der Waals surface area contributed by atoms with E-state index in [1.165, 1.54) is 25.7 Å². The summed E-state index contributed by atoms with van der Waals surface area (Å²) in [6, 6.07) is 8.43. The summed E-state index contributed by atoms with van der Waals surface area (Å²) in [5.74, 6) is 0.736. The van der Waals surface area contributed by atoms with Gasteiger partial charge >= 0.3 is 0 Å². The second kappa shape index (κ2) is 5.57. The molecule has 106 valence electrons. The van der Waals surface area contributed by atoms with Gasteiger partial charge in [-0.25, -0.2) is 0 Å². The van der Waals surface area contributed by atoms with Crippen LogP contribution >= 0.6 is 0 Å². The Balaban J connectivity index is 1.64. The molecule has 1 aliphatic rings. The molecule has 0 aliphatic heterocycles. The molecule has 0 bridgehead atoms. The van der Waals surface area contributed by atoms with Crippen LogP contribution in [0.4, 0.5) is 5.69 Å². The molecule has 0 amide bonds. The molecular weight excluding hydrogens is 250 g/mol. The Morgan fingerprint density at radius 1 is 1.30 bits per heavy atom. The van der Waals surface area contributed by atoms with E-state index in [1.54, 1.807) is 0 Å². The zero-order chi connectivity index (χ0) is 13.9. The Bertz CT molecular complexity index is 585. The van der Waals surface area contributed by atoms with Crippen molar-refractivity contribution in [2.24, 2.45) is 0 Å². The van der Waals surface area contributed by atoms with Crippen molar-refractivity contribution in [1.29, 1.82) is 0 Å². The topological polar surface area (TPSA) is 53.1 Å². The van der Waals surface area contributed by atoms with Gasteiger partial charge < -0.3 is 10.5 Å². The van der Waals surface area contributed by atoms with Crippen LogP contribution in [0.3, 0.4) is 0 Å². The molecule has 1 aromatic carbocycles. The number of aromatic nitrogens is 2. The standard InChI is InChI=1S/C16H21N3O/c1-12-6-7-15(17)16(10-12)20-11-13-8-9-19(18-13)14-4-2-3-5-14/h6-10,14H,2-5,11,17H2,1H3. The monoisotopic (exact) mass is 271 g/mol. The second-order valence-corrected chi connectivity index (χ2v) is 5.56. The van der Waals surface area contributed by atoms with Crippen LogP contribution in [0.5, 0.6) is 5.75 Å². The van der Waals surface area contributed by atoms with Gasteiger partial charge in [0.15, 0.2) is 0 Å². The Morgan fingerprint density at radius 2 is 2.10 bits per heavy atom. The summed E-state index contributed by atoms with van der Waals surface area (Å²) in [6.07, 6.45) is 7.18. The van der Waals surface area contributed by atoms with Gasteiger partial charge in [-0.3, -0.25) is 4.68 Å². The second-order valence-electron chi connectivity index (χ2n) is 5.56. The predicted molar refractivity (Wildman–Crippen MR) is 79.7 cm³/mol. The van der Waals surface area contributed by atoms with E-state index in [4.69, 9.17) is 10.5 Å². The molecule has 1 fully saturated rings. The number of nitrogen functional groups attached to an aromatic ring is 1. The van der Waals surface area contributed by atoms with Crippen LogP contribution in [0.25, 0.3) is 0 Å². The zero-order valence-electron chi connectivity index (χ0n) is 11.9. The molecule has 1 aromatic heterocycles. The highest BCUT2D eigenvalue weighted by atomic mass is 16.5. The first-order valence-electron chi connectivity index (χ1n) is 7.25. The van der Waals surface area contributed by atoms with Crippen LogP contribution in [0.15, 0.2) is 30.5 Å². The number of anilines is 1. The highest BCUT2D eigenvalue weighted by Crippen LogP contribution is 2.29. The summed E-state index contributed by atoms with van der Waals surface area (Å²) in [5, 5.41) is 4.61. The predicted octanol–water partition coefficient (Wildman–Crippen LogP) is 3.47. The summed E-state index contributed by atoms with van der Waals surface area (Å²) in [4.78, 5) is 0. The van der Waals surface area contributed by atoms with Crippen molar-refractivity contribution < 1.29 is 4.74 Å². The number of nitrogens with two attached hydrogens (primary N) is 1. The molecule has 20 heavy (non-hydrogen) atoms. The third-order valence-electron chi connectivity index (χ3n) is 3.91. The van der Waals surface area contributed by atoms with E-state index in [0.717, 1.165) is 17.0 Å². The normalized spacial score (nSPS) is 15.7. The number of ether oxygens (including phenoxy) is 1. The highest BCUT2D eigenvalue weighted by molar-refractivity contribution is 5.53. The van der Waals surface area contributed by atoms with Gasteiger partial charge in [-0.1, -0.05) is 18.9 Å². The van der Waals surface area contributed by atoms with Crippen molar-refractivity contribution in [1.82, 2.24) is 9.78 Å². The summed E-state index contributed by atoms with van der Waals surface area (Å²) in [7, 11) is 0. The van der Waals surface area contributed by atoms with Gasteiger partial charge in [-0.2, -0.15) is 5.10 Å². The molecule has 1 aliphatic carbocycles. The maximum Gasteiger partial charge on any atom is 0.143 e. The number of hydrogen-bond acceptors (Lipinski definition) is 3. The van der Waals surface area contributed by atoms with Gasteiger partial charge in [-0.05, 0) is 43.5 Å². The average molecular weight is 271 g/mol. The fraction of sp³-hybridized carbons (Fsp3) is 0.438. The molecule has 0 atom stereocenters. The Labute approximate surface area is 119 Å². The van der Waals surface area contributed by atoms with Gasteiger partial charge in [0.05, 0.1) is 17.4 Å². The lowest BCUT2D eigenvalue weighted by atomic mass is 10.2. The summed E-state index contributed by atoms with van der Waals surface area (Å²) >= 11 is 0. The maximum absolute atomic E-state index is 5.91. The van der Waals surface area contributed by atoms with Crippen LogP contribution in [0.1, 0.15) is 43.0 Å². The number of nitrogens with zero attached hydrogens (tertiary/aromatic N) is 2. The fourth-order valence-corrected chi connectivity index (χ4v) is 2.74. The molecule has 2 N–H and O–H groups in total. The molecule has 0 saturated heterocycles. The largest absolute Gasteiger partial charge is 0.485 e. The van der Waals surface area contributed by atoms with Crippen LogP contribution in [0, 0.1) is 6.92 Å². The number of rotatable bonds is 4. The molecule has 3 rings (SSSR count). The minimum Gasteiger partial charge on any atom is -0.485 e. The average Bonchev–Trinajstić information content (AvgIpc) is 3.09. The lowest BCUT2D eigenvalue weighted by Gasteiger charge is -2.10. The third-order valence-corrected chi connectivity index (χ3v) is 3.91. The number of aryl methyl sites for hydroxylation is 1. The first kappa shape index (κ1) is 13.0. The fourth-order valence-electron chi connectivity index (χ4n) is 2.74. The summed E-state index contributed by atoms with van der Waals surface area (Å²) in [5.41, 5.74) is 8.68. The Morgan fingerprint density at radius 3 is 2.90 bits per heavy atom. The molecule has 4 heteroatoms. The van der Waals surface area contributed by atoms with E-state index >= 15 is 0 Å². The van der Waals surface area contributed by atoms with E-state index < -0.39 is 0 Å². The molecule has 0 spiro atoms. The summed E-state index contributed by atoms with van der Waals surface area (Å²) in [6.45, 7) is 2.49. The van der Waals surface area contributed by atoms with E-state index in [9.17, 15) is 0 Å². The van der Waals surface area contributed by atoms with E-state index in [-0.39, 0.29) is 0 Å². The minimum atomic E-state index is 0.466. The van der Waals surface area contributed by atoms with Crippen LogP contribution in [-0.4, -0.2) is 9.78 Å². The minimum absolute atomic E-state index is 0.466. The number of hydrogen-bond donors (Lipinski definition) is 1. The highest BCUT2D eigenvalue weighted by Gasteiger charge is 2.17. The van der Waals surface area contributed by atoms with Gasteiger partial charge in [-0.15, -0.1) is 0 Å². The Hall–Kier alpha value is -1.97. The molecule has 2 aromatic rings. The smallest absolute Gasteiger partial charge is 0.143 e. The van der Waals surface area contributed by atoms with Gasteiger partial charge in [0.25, 0.3) is 0 Å². The van der Waals surface area contributed by atoms with Crippen molar-refractivity contribution >= 4 is 5.69 Å². The molecule has 4 nitrogen and oxygen atoms in total. The van der Waals surface area contributed by atoms with Gasteiger partial charge in [0, 0.05) is 6.20 Å². The lowest BCUT2D eigenvalue weighted by molar-refractivity contribution is 0.299. The van der Waals surface area contributed by atoms with Crippen LogP contribution in [-0.2, 0) is 6.61 Å². The van der Waals surface area contributed by atoms with Crippen molar-refractivity contribution in [3.05, 3.63) is 41.7 Å². The number of benzene rings is 1. The van der Waals surface area contributed by atoms with Crippen LogP contribution < -0.4 is 10.5 Å². The van der Waals surface area contributed by atoms with Crippen molar-refractivity contribution in [2.75, 3.05) is 5.73 Å². The third kappa shape index (κ3) is 2.79. The first-order chi connectivity index (χ1) is 9.72. The first-order valence-corrected chi connectivity index (χ1v) is 7.25. The van der Waals surface area contributed by atoms with Crippen LogP contribution in [0.2, 0.25) is 0 Å². The zero-order valence-corrected chi connectivity index (χ0v) is 11.9. The van der Waals surface area contributed by atoms with Crippen molar-refractivity contribution in [3.8, 4) is 5.75 Å². The Kier molecular flexibility index (Phi) is 3.63. The molecular formula is C16H21N3O. The van der Waals surface area contributed by atoms with E-state index in [0.29, 0.717) is 18.3 Å². The van der Waals surface area contributed by atoms with Gasteiger partial charge in [0.1, 0.15) is 12.4 Å². The van der Waals surface area contributed by atoms with E-state index in [1.807, 2.05) is 31.2 Å². The van der Waals surface area contributed by atoms with E-state index in [2.05, 4.69) is 16.0 Å². The molecule has 0 radical (unpaired) electrons. The summed E-state index contributed by atoms with van der Waals surface area (Å²) < 4.78 is 7.87. The maximum atomic E-state index is 5.91. The van der Waals surface area contributed by atoms with Crippen molar-refractivity contribution in [2.45, 2.75) is 45.3 Å². The van der Waals surface area contributed by atoms with Crippen molar-refractivity contribution in [3.63, 3.8) is 0 Å². The quantitative estimate of drug-likeness (QED) is 0.866.